The van der Waals surface area contributed by atoms with Gasteiger partial charge in [0, 0.05) is 18.7 Å². The highest BCUT2D eigenvalue weighted by Crippen LogP contribution is 2.37. The number of carbonyl (C=O) groups excluding carboxylic acids is 2. The first-order valence-corrected chi connectivity index (χ1v) is 11.2. The van der Waals surface area contributed by atoms with E-state index in [0.717, 1.165) is 11.0 Å². The molecule has 1 aliphatic heterocycles. The van der Waals surface area contributed by atoms with Crippen LogP contribution in [0.3, 0.4) is 0 Å². The molecule has 4 rings (SSSR count). The molecule has 0 spiro atoms. The number of imidazole rings is 1. The van der Waals surface area contributed by atoms with Crippen molar-refractivity contribution in [1.29, 1.82) is 0 Å². The molecule has 2 heterocycles. The number of carbonyl (C=O) groups is 2. The lowest BCUT2D eigenvalue weighted by Gasteiger charge is -2.42. The summed E-state index contributed by atoms with van der Waals surface area (Å²) in [5, 5.41) is 4.19. The summed E-state index contributed by atoms with van der Waals surface area (Å²) in [6.45, 7) is 4.61. The highest BCUT2D eigenvalue weighted by molar-refractivity contribution is 7.99. The van der Waals surface area contributed by atoms with Crippen LogP contribution in [0.4, 0.5) is 11.4 Å². The summed E-state index contributed by atoms with van der Waals surface area (Å²) < 4.78 is 7.26. The van der Waals surface area contributed by atoms with Gasteiger partial charge < -0.3 is 14.6 Å². The molecule has 2 amide bonds. The number of nitrogens with one attached hydrogen (secondary N) is 1. The average molecular weight is 459 g/mol. The van der Waals surface area contributed by atoms with Crippen LogP contribution in [-0.2, 0) is 20.9 Å². The summed E-state index contributed by atoms with van der Waals surface area (Å²) in [7, 11) is 1.65. The Hall–Kier alpha value is -2.55. The van der Waals surface area contributed by atoms with Crippen molar-refractivity contribution in [2.75, 3.05) is 29.7 Å². The van der Waals surface area contributed by atoms with Crippen LogP contribution in [-0.4, -0.2) is 46.4 Å². The molecule has 0 saturated carbocycles. The summed E-state index contributed by atoms with van der Waals surface area (Å²) in [6.07, 6.45) is 0. The Bertz CT molecular complexity index is 1160. The third-order valence-corrected chi connectivity index (χ3v) is 6.47. The van der Waals surface area contributed by atoms with E-state index in [9.17, 15) is 9.59 Å². The number of hydrogen-bond acceptors (Lipinski definition) is 5. The first-order chi connectivity index (χ1) is 14.8. The number of hydrogen-bond donors (Lipinski definition) is 1. The van der Waals surface area contributed by atoms with E-state index in [-0.39, 0.29) is 17.6 Å². The van der Waals surface area contributed by atoms with Crippen molar-refractivity contribution >= 4 is 57.6 Å². The van der Waals surface area contributed by atoms with Crippen molar-refractivity contribution in [1.82, 2.24) is 9.55 Å². The predicted molar refractivity (Wildman–Crippen MR) is 124 cm³/mol. The third kappa shape index (κ3) is 4.03. The number of methoxy groups -OCH3 is 1. The Morgan fingerprint density at radius 1 is 1.26 bits per heavy atom. The number of anilines is 2. The number of ether oxygens (including phenoxy) is 1. The number of thioether (sulfide) groups is 1. The van der Waals surface area contributed by atoms with Crippen LogP contribution in [0.5, 0.6) is 0 Å². The molecule has 9 heteroatoms. The van der Waals surface area contributed by atoms with Crippen LogP contribution in [0.15, 0.2) is 47.6 Å². The smallest absolute Gasteiger partial charge is 0.250 e. The molecule has 162 valence electrons. The van der Waals surface area contributed by atoms with Crippen molar-refractivity contribution in [2.24, 2.45) is 0 Å². The first kappa shape index (κ1) is 21.7. The van der Waals surface area contributed by atoms with Gasteiger partial charge in [-0.3, -0.25) is 14.5 Å². The summed E-state index contributed by atoms with van der Waals surface area (Å²) in [6, 6.07) is 12.9. The molecule has 7 nitrogen and oxygen atoms in total. The van der Waals surface area contributed by atoms with E-state index in [0.29, 0.717) is 34.7 Å². The van der Waals surface area contributed by atoms with Gasteiger partial charge in [-0.15, -0.1) is 0 Å². The molecule has 31 heavy (non-hydrogen) atoms. The van der Waals surface area contributed by atoms with Crippen molar-refractivity contribution in [2.45, 2.75) is 31.1 Å². The van der Waals surface area contributed by atoms with E-state index in [4.69, 9.17) is 16.3 Å². The molecule has 2 aromatic carbocycles. The molecule has 0 radical (unpaired) electrons. The summed E-state index contributed by atoms with van der Waals surface area (Å²) >= 11 is 7.47. The van der Waals surface area contributed by atoms with Gasteiger partial charge in [-0.2, -0.15) is 0 Å². The van der Waals surface area contributed by atoms with Crippen LogP contribution in [0.1, 0.15) is 13.8 Å². The number of aromatic nitrogens is 2. The van der Waals surface area contributed by atoms with Crippen LogP contribution in [0, 0.1) is 0 Å². The van der Waals surface area contributed by atoms with Crippen molar-refractivity contribution < 1.29 is 14.3 Å². The molecule has 0 atom stereocenters. The Morgan fingerprint density at radius 2 is 2.03 bits per heavy atom. The third-order valence-electron chi connectivity index (χ3n) is 5.28. The van der Waals surface area contributed by atoms with Crippen molar-refractivity contribution in [3.8, 4) is 0 Å². The fraction of sp³-hybridized carbons (Fsp3) is 0.318. The summed E-state index contributed by atoms with van der Waals surface area (Å²) in [4.78, 5) is 32.2. The van der Waals surface area contributed by atoms with E-state index in [1.54, 1.807) is 38.0 Å². The standard InChI is InChI=1S/C22H23ClN4O3S/c1-22(2)20(29)24-15-6-4-5-7-18(15)27(22)19(28)13-31-21-25-16-12-14(23)8-9-17(16)26(21)10-11-30-3/h4-9,12H,10-11,13H2,1-3H3,(H,24,29). The number of halogens is 1. The molecular weight excluding hydrogens is 436 g/mol. The topological polar surface area (TPSA) is 76.5 Å². The molecule has 1 aromatic heterocycles. The average Bonchev–Trinajstić information content (AvgIpc) is 3.07. The second kappa shape index (κ2) is 8.53. The fourth-order valence-electron chi connectivity index (χ4n) is 3.68. The van der Waals surface area contributed by atoms with E-state index in [1.807, 2.05) is 34.9 Å². The molecule has 3 aromatic rings. The quantitative estimate of drug-likeness (QED) is 0.560. The van der Waals surface area contributed by atoms with Crippen LogP contribution < -0.4 is 10.2 Å². The second-order valence-electron chi connectivity index (χ2n) is 7.72. The van der Waals surface area contributed by atoms with Crippen LogP contribution in [0.25, 0.3) is 11.0 Å². The highest BCUT2D eigenvalue weighted by Gasteiger charge is 2.43. The molecule has 1 aliphatic rings. The monoisotopic (exact) mass is 458 g/mol. The minimum atomic E-state index is -1.00. The molecule has 1 N–H and O–H groups in total. The zero-order chi connectivity index (χ0) is 22.2. The normalized spacial score (nSPS) is 15.1. The molecule has 0 fully saturated rings. The second-order valence-corrected chi connectivity index (χ2v) is 9.10. The first-order valence-electron chi connectivity index (χ1n) is 9.84. The number of benzene rings is 2. The van der Waals surface area contributed by atoms with E-state index >= 15 is 0 Å². The molecule has 0 aliphatic carbocycles. The Kier molecular flexibility index (Phi) is 5.96. The maximum atomic E-state index is 13.3. The van der Waals surface area contributed by atoms with Gasteiger partial charge in [0.2, 0.25) is 11.8 Å². The Morgan fingerprint density at radius 3 is 2.81 bits per heavy atom. The van der Waals surface area contributed by atoms with Crippen molar-refractivity contribution in [3.05, 3.63) is 47.5 Å². The minimum Gasteiger partial charge on any atom is -0.383 e. The minimum absolute atomic E-state index is 0.134. The SMILES string of the molecule is COCCn1c(SCC(=O)N2c3ccccc3NC(=O)C2(C)C)nc2cc(Cl)ccc21. The Balaban J connectivity index is 1.63. The van der Waals surface area contributed by atoms with Gasteiger partial charge in [-0.25, -0.2) is 4.98 Å². The molecule has 0 unspecified atom stereocenters. The zero-order valence-electron chi connectivity index (χ0n) is 17.5. The van der Waals surface area contributed by atoms with Crippen molar-refractivity contribution in [3.63, 3.8) is 0 Å². The largest absolute Gasteiger partial charge is 0.383 e. The van der Waals surface area contributed by atoms with Gasteiger partial charge in [0.1, 0.15) is 5.54 Å². The lowest BCUT2D eigenvalue weighted by molar-refractivity contribution is -0.125. The summed E-state index contributed by atoms with van der Waals surface area (Å²) in [5.41, 5.74) is 2.01. The van der Waals surface area contributed by atoms with Gasteiger partial charge >= 0.3 is 0 Å². The van der Waals surface area contributed by atoms with Gasteiger partial charge in [0.15, 0.2) is 5.16 Å². The number of para-hydroxylation sites is 2. The lowest BCUT2D eigenvalue weighted by atomic mass is 9.96. The number of rotatable bonds is 6. The summed E-state index contributed by atoms with van der Waals surface area (Å²) in [5.74, 6) is -0.248. The molecular formula is C22H23ClN4O3S. The zero-order valence-corrected chi connectivity index (χ0v) is 19.1. The van der Waals surface area contributed by atoms with Gasteiger partial charge in [0.05, 0.1) is 34.8 Å². The van der Waals surface area contributed by atoms with Gasteiger partial charge in [0.25, 0.3) is 0 Å². The number of fused-ring (bicyclic) bond motifs is 2. The maximum absolute atomic E-state index is 13.3. The fourth-order valence-corrected chi connectivity index (χ4v) is 4.74. The lowest BCUT2D eigenvalue weighted by Crippen LogP contribution is -2.59. The highest BCUT2D eigenvalue weighted by atomic mass is 35.5. The van der Waals surface area contributed by atoms with Gasteiger partial charge in [-0.05, 0) is 44.2 Å². The Labute approximate surface area is 189 Å². The number of nitrogens with zero attached hydrogens (tertiary/aromatic N) is 3. The van der Waals surface area contributed by atoms with Crippen LogP contribution >= 0.6 is 23.4 Å². The molecule has 0 bridgehead atoms. The molecule has 0 saturated heterocycles. The van der Waals surface area contributed by atoms with E-state index in [1.165, 1.54) is 11.8 Å². The maximum Gasteiger partial charge on any atom is 0.250 e. The van der Waals surface area contributed by atoms with Gasteiger partial charge in [-0.1, -0.05) is 35.5 Å². The van der Waals surface area contributed by atoms with E-state index in [2.05, 4.69) is 10.3 Å². The number of amides is 2. The predicted octanol–water partition coefficient (Wildman–Crippen LogP) is 4.19. The van der Waals surface area contributed by atoms with Crippen LogP contribution in [0.2, 0.25) is 5.02 Å². The van der Waals surface area contributed by atoms with E-state index < -0.39 is 5.54 Å².